The van der Waals surface area contributed by atoms with Crippen molar-refractivity contribution in [3.63, 3.8) is 0 Å². The van der Waals surface area contributed by atoms with E-state index in [9.17, 15) is 4.79 Å². The van der Waals surface area contributed by atoms with Crippen molar-refractivity contribution in [2.75, 3.05) is 46.1 Å². The van der Waals surface area contributed by atoms with Gasteiger partial charge in [0, 0.05) is 19.6 Å². The molecular formula is C22H28N2O4. The van der Waals surface area contributed by atoms with Crippen molar-refractivity contribution in [2.24, 2.45) is 0 Å². The number of ether oxygens (including phenoxy) is 3. The van der Waals surface area contributed by atoms with Gasteiger partial charge in [-0.1, -0.05) is 30.3 Å². The molecule has 0 unspecified atom stereocenters. The third-order valence-electron chi connectivity index (χ3n) is 4.59. The highest BCUT2D eigenvalue weighted by Crippen LogP contribution is 2.18. The Morgan fingerprint density at radius 1 is 1.04 bits per heavy atom. The monoisotopic (exact) mass is 384 g/mol. The van der Waals surface area contributed by atoms with E-state index in [0.717, 1.165) is 44.2 Å². The molecular weight excluding hydrogens is 356 g/mol. The first-order valence-electron chi connectivity index (χ1n) is 9.74. The Morgan fingerprint density at radius 3 is 2.32 bits per heavy atom. The number of hydrogen-bond acceptors (Lipinski definition) is 5. The molecule has 0 saturated carbocycles. The van der Waals surface area contributed by atoms with E-state index in [2.05, 4.69) is 10.2 Å². The van der Waals surface area contributed by atoms with Crippen molar-refractivity contribution >= 4 is 5.91 Å². The summed E-state index contributed by atoms with van der Waals surface area (Å²) in [5.41, 5.74) is 1.09. The van der Waals surface area contributed by atoms with Gasteiger partial charge in [-0.3, -0.25) is 9.69 Å². The Balaban J connectivity index is 1.55. The summed E-state index contributed by atoms with van der Waals surface area (Å²) < 4.78 is 16.5. The number of nitrogens with zero attached hydrogens (tertiary/aromatic N) is 1. The highest BCUT2D eigenvalue weighted by molar-refractivity contribution is 5.78. The summed E-state index contributed by atoms with van der Waals surface area (Å²) >= 11 is 0. The van der Waals surface area contributed by atoms with Crippen molar-refractivity contribution in [2.45, 2.75) is 13.0 Å². The summed E-state index contributed by atoms with van der Waals surface area (Å²) in [7, 11) is 0. The summed E-state index contributed by atoms with van der Waals surface area (Å²) in [6, 6.07) is 17.2. The van der Waals surface area contributed by atoms with Crippen molar-refractivity contribution in [3.05, 3.63) is 60.2 Å². The number of amides is 1. The fourth-order valence-corrected chi connectivity index (χ4v) is 3.15. The molecule has 0 bridgehead atoms. The molecule has 2 aromatic carbocycles. The highest BCUT2D eigenvalue weighted by atomic mass is 16.5. The molecule has 0 aromatic heterocycles. The first-order chi connectivity index (χ1) is 13.7. The SMILES string of the molecule is CCOc1ccc(OCC(=O)N[C@H](CN2CCOCC2)c2ccccc2)cc1. The lowest BCUT2D eigenvalue weighted by atomic mass is 10.1. The number of benzene rings is 2. The maximum Gasteiger partial charge on any atom is 0.258 e. The number of morpholine rings is 1. The Hall–Kier alpha value is -2.57. The fourth-order valence-electron chi connectivity index (χ4n) is 3.15. The maximum atomic E-state index is 12.5. The molecule has 6 heteroatoms. The Kier molecular flexibility index (Phi) is 7.70. The minimum atomic E-state index is -0.143. The predicted molar refractivity (Wildman–Crippen MR) is 108 cm³/mol. The molecule has 0 radical (unpaired) electrons. The molecule has 2 aromatic rings. The molecule has 1 heterocycles. The van der Waals surface area contributed by atoms with Gasteiger partial charge >= 0.3 is 0 Å². The zero-order valence-corrected chi connectivity index (χ0v) is 16.3. The normalized spacial score (nSPS) is 15.6. The van der Waals surface area contributed by atoms with E-state index in [1.165, 1.54) is 0 Å². The average molecular weight is 384 g/mol. The van der Waals surface area contributed by atoms with Gasteiger partial charge in [0.1, 0.15) is 11.5 Å². The van der Waals surface area contributed by atoms with E-state index < -0.39 is 0 Å². The minimum absolute atomic E-state index is 0.0274. The van der Waals surface area contributed by atoms with Crippen LogP contribution in [0.2, 0.25) is 0 Å². The number of rotatable bonds is 9. The van der Waals surface area contributed by atoms with Crippen LogP contribution in [-0.4, -0.2) is 56.9 Å². The van der Waals surface area contributed by atoms with Gasteiger partial charge in [-0.05, 0) is 36.8 Å². The van der Waals surface area contributed by atoms with Gasteiger partial charge in [0.05, 0.1) is 25.9 Å². The van der Waals surface area contributed by atoms with Crippen LogP contribution in [0.4, 0.5) is 0 Å². The quantitative estimate of drug-likeness (QED) is 0.720. The second kappa shape index (κ2) is 10.7. The molecule has 1 N–H and O–H groups in total. The van der Waals surface area contributed by atoms with E-state index in [-0.39, 0.29) is 18.6 Å². The zero-order valence-electron chi connectivity index (χ0n) is 16.3. The molecule has 1 aliphatic heterocycles. The Morgan fingerprint density at radius 2 is 1.68 bits per heavy atom. The Labute approximate surface area is 166 Å². The van der Waals surface area contributed by atoms with Crippen molar-refractivity contribution in [3.8, 4) is 11.5 Å². The molecule has 28 heavy (non-hydrogen) atoms. The smallest absolute Gasteiger partial charge is 0.258 e. The van der Waals surface area contributed by atoms with Crippen LogP contribution < -0.4 is 14.8 Å². The number of carbonyl (C=O) groups is 1. The summed E-state index contributed by atoms with van der Waals surface area (Å²) in [4.78, 5) is 14.8. The number of nitrogens with one attached hydrogen (secondary N) is 1. The van der Waals surface area contributed by atoms with Crippen molar-refractivity contribution in [1.29, 1.82) is 0 Å². The predicted octanol–water partition coefficient (Wildman–Crippen LogP) is 2.65. The first kappa shape index (κ1) is 20.2. The van der Waals surface area contributed by atoms with Crippen LogP contribution in [0.25, 0.3) is 0 Å². The fraction of sp³-hybridized carbons (Fsp3) is 0.409. The van der Waals surface area contributed by atoms with Gasteiger partial charge in [0.15, 0.2) is 6.61 Å². The van der Waals surface area contributed by atoms with Gasteiger partial charge in [-0.25, -0.2) is 0 Å². The molecule has 0 aliphatic carbocycles. The highest BCUT2D eigenvalue weighted by Gasteiger charge is 2.20. The third kappa shape index (κ3) is 6.25. The molecule has 0 spiro atoms. The summed E-state index contributed by atoms with van der Waals surface area (Å²) in [6.07, 6.45) is 0. The van der Waals surface area contributed by atoms with Gasteiger partial charge in [-0.2, -0.15) is 0 Å². The zero-order chi connectivity index (χ0) is 19.6. The minimum Gasteiger partial charge on any atom is -0.494 e. The van der Waals surface area contributed by atoms with Crippen LogP contribution in [0.5, 0.6) is 11.5 Å². The van der Waals surface area contributed by atoms with Gasteiger partial charge in [-0.15, -0.1) is 0 Å². The molecule has 3 rings (SSSR count). The van der Waals surface area contributed by atoms with Gasteiger partial charge < -0.3 is 19.5 Å². The van der Waals surface area contributed by atoms with Crippen LogP contribution in [-0.2, 0) is 9.53 Å². The van der Waals surface area contributed by atoms with Crippen LogP contribution in [0.15, 0.2) is 54.6 Å². The lowest BCUT2D eigenvalue weighted by Crippen LogP contribution is -2.44. The van der Waals surface area contributed by atoms with E-state index in [4.69, 9.17) is 14.2 Å². The van der Waals surface area contributed by atoms with Crippen molar-refractivity contribution < 1.29 is 19.0 Å². The lowest BCUT2D eigenvalue weighted by Gasteiger charge is -2.31. The first-order valence-corrected chi connectivity index (χ1v) is 9.74. The standard InChI is InChI=1S/C22H28N2O4/c1-2-27-19-8-10-20(11-9-19)28-17-22(25)23-21(18-6-4-3-5-7-18)16-24-12-14-26-15-13-24/h3-11,21H,2,12-17H2,1H3,(H,23,25)/t21-/m1/s1. The second-order valence-corrected chi connectivity index (χ2v) is 6.64. The molecule has 6 nitrogen and oxygen atoms in total. The lowest BCUT2D eigenvalue weighted by molar-refractivity contribution is -0.124. The van der Waals surface area contributed by atoms with Crippen LogP contribution >= 0.6 is 0 Å². The summed E-state index contributed by atoms with van der Waals surface area (Å²) in [6.45, 7) is 6.50. The van der Waals surface area contributed by atoms with E-state index in [1.807, 2.05) is 49.4 Å². The van der Waals surface area contributed by atoms with Gasteiger partial charge in [0.2, 0.25) is 0 Å². The number of carbonyl (C=O) groups excluding carboxylic acids is 1. The third-order valence-corrected chi connectivity index (χ3v) is 4.59. The maximum absolute atomic E-state index is 12.5. The van der Waals surface area contributed by atoms with Crippen LogP contribution in [0.3, 0.4) is 0 Å². The molecule has 1 atom stereocenters. The average Bonchev–Trinajstić information content (AvgIpc) is 2.74. The second-order valence-electron chi connectivity index (χ2n) is 6.64. The van der Waals surface area contributed by atoms with Gasteiger partial charge in [0.25, 0.3) is 5.91 Å². The largest absolute Gasteiger partial charge is 0.494 e. The molecule has 1 saturated heterocycles. The Bertz CT molecular complexity index is 715. The van der Waals surface area contributed by atoms with Crippen molar-refractivity contribution in [1.82, 2.24) is 10.2 Å². The number of hydrogen-bond donors (Lipinski definition) is 1. The summed E-state index contributed by atoms with van der Waals surface area (Å²) in [5, 5.41) is 3.11. The topological polar surface area (TPSA) is 60.0 Å². The van der Waals surface area contributed by atoms with E-state index in [1.54, 1.807) is 12.1 Å². The molecule has 1 aliphatic rings. The molecule has 1 fully saturated rings. The van der Waals surface area contributed by atoms with Crippen LogP contribution in [0.1, 0.15) is 18.5 Å². The van der Waals surface area contributed by atoms with E-state index >= 15 is 0 Å². The summed E-state index contributed by atoms with van der Waals surface area (Å²) in [5.74, 6) is 1.29. The van der Waals surface area contributed by atoms with E-state index in [0.29, 0.717) is 12.4 Å². The van der Waals surface area contributed by atoms with Crippen LogP contribution in [0, 0.1) is 0 Å². The molecule has 1 amide bonds. The molecule has 150 valence electrons.